The number of amides is 9. The lowest BCUT2D eigenvalue weighted by atomic mass is 9.95. The van der Waals surface area contributed by atoms with Crippen LogP contribution < -0.4 is 70.8 Å². The first kappa shape index (κ1) is 71.6. The van der Waals surface area contributed by atoms with Crippen molar-refractivity contribution in [3.8, 4) is 0 Å². The van der Waals surface area contributed by atoms with Crippen LogP contribution in [0.5, 0.6) is 0 Å². The molecule has 27 heteroatoms. The van der Waals surface area contributed by atoms with Gasteiger partial charge in [-0.15, -0.1) is 0 Å². The van der Waals surface area contributed by atoms with Gasteiger partial charge in [-0.2, -0.15) is 0 Å². The molecule has 0 aliphatic carbocycles. The van der Waals surface area contributed by atoms with E-state index in [2.05, 4.69) is 52.8 Å². The van der Waals surface area contributed by atoms with Gasteiger partial charge in [0, 0.05) is 13.0 Å². The SMILES string of the molecule is CC[C@H](C)[C@H](N)C(=O)N[C@@H](CCCN=C(N)N)C(=O)N[C@@H](CCCCN)C(=O)N[C@H](C(=O)N[C@@H](CC(C)C)C(=O)N[C@@H](Cc1ccccc1)C(=O)N[C@@H](CC(C)C)C(=O)N[C@@H](CC(=O)O)C(=O)NCC(=O)N[C@@H](C)C(=O)O)[C@@H](C)CC. The molecule has 0 radical (unpaired) electrons. The van der Waals surface area contributed by atoms with E-state index in [1.54, 1.807) is 78.8 Å². The first-order valence-corrected chi connectivity index (χ1v) is 27.7. The van der Waals surface area contributed by atoms with Gasteiger partial charge in [-0.05, 0) is 87.6 Å². The van der Waals surface area contributed by atoms with Crippen LogP contribution in [-0.2, 0) is 59.2 Å². The fourth-order valence-electron chi connectivity index (χ4n) is 8.11. The summed E-state index contributed by atoms with van der Waals surface area (Å²) in [6.45, 7) is 15.2. The molecule has 0 heterocycles. The maximum atomic E-state index is 14.5. The highest BCUT2D eigenvalue weighted by Crippen LogP contribution is 2.15. The fraction of sp³-hybridized carbons (Fsp3) is 0.667. The minimum Gasteiger partial charge on any atom is -0.481 e. The van der Waals surface area contributed by atoms with Crippen LogP contribution in [0.15, 0.2) is 35.3 Å². The van der Waals surface area contributed by atoms with E-state index < -0.39 is 138 Å². The summed E-state index contributed by atoms with van der Waals surface area (Å²) in [7, 11) is 0. The Morgan fingerprint density at radius 2 is 1.01 bits per heavy atom. The van der Waals surface area contributed by atoms with E-state index in [1.807, 2.05) is 6.92 Å². The maximum Gasteiger partial charge on any atom is 0.325 e. The van der Waals surface area contributed by atoms with Crippen LogP contribution >= 0.6 is 0 Å². The van der Waals surface area contributed by atoms with Gasteiger partial charge in [0.15, 0.2) is 5.96 Å². The third-order valence-corrected chi connectivity index (χ3v) is 13.3. The van der Waals surface area contributed by atoms with Crippen LogP contribution in [0.25, 0.3) is 0 Å². The van der Waals surface area contributed by atoms with Crippen molar-refractivity contribution in [2.45, 2.75) is 187 Å². The monoisotopic (exact) mass is 1140 g/mol. The van der Waals surface area contributed by atoms with Crippen molar-refractivity contribution in [1.29, 1.82) is 0 Å². The lowest BCUT2D eigenvalue weighted by Gasteiger charge is -2.30. The van der Waals surface area contributed by atoms with Gasteiger partial charge in [-0.25, -0.2) is 0 Å². The second-order valence-corrected chi connectivity index (χ2v) is 21.3. The van der Waals surface area contributed by atoms with E-state index in [9.17, 15) is 57.8 Å². The number of guanidine groups is 1. The van der Waals surface area contributed by atoms with Gasteiger partial charge in [0.2, 0.25) is 53.2 Å². The molecule has 81 heavy (non-hydrogen) atoms. The van der Waals surface area contributed by atoms with Crippen LogP contribution in [0.1, 0.15) is 132 Å². The van der Waals surface area contributed by atoms with Crippen LogP contribution in [0.4, 0.5) is 0 Å². The lowest BCUT2D eigenvalue weighted by molar-refractivity contribution is -0.142. The molecule has 11 atom stereocenters. The maximum absolute atomic E-state index is 14.5. The number of hydrogen-bond donors (Lipinski definition) is 15. The molecule has 0 saturated heterocycles. The normalized spacial score (nSPS) is 15.2. The van der Waals surface area contributed by atoms with Gasteiger partial charge in [0.1, 0.15) is 48.3 Å². The Balaban J connectivity index is 3.60. The van der Waals surface area contributed by atoms with Crippen molar-refractivity contribution in [3.63, 3.8) is 0 Å². The zero-order chi connectivity index (χ0) is 61.5. The van der Waals surface area contributed by atoms with Crippen molar-refractivity contribution in [2.24, 2.45) is 51.6 Å². The quantitative estimate of drug-likeness (QED) is 0.0203. The van der Waals surface area contributed by atoms with Crippen molar-refractivity contribution < 1.29 is 63.0 Å². The number of hydrogen-bond acceptors (Lipinski definition) is 14. The Kier molecular flexibility index (Phi) is 33.1. The smallest absolute Gasteiger partial charge is 0.325 e. The summed E-state index contributed by atoms with van der Waals surface area (Å²) in [5.41, 5.74) is 23.6. The van der Waals surface area contributed by atoms with Gasteiger partial charge in [0.25, 0.3) is 0 Å². The molecular weight excluding hydrogens is 1050 g/mol. The summed E-state index contributed by atoms with van der Waals surface area (Å²) in [5, 5.41) is 41.8. The van der Waals surface area contributed by atoms with Gasteiger partial charge in [-0.1, -0.05) is 98.6 Å². The van der Waals surface area contributed by atoms with Crippen LogP contribution in [0.2, 0.25) is 0 Å². The minimum atomic E-state index is -1.75. The minimum absolute atomic E-state index is 0.0300. The molecule has 19 N–H and O–H groups in total. The summed E-state index contributed by atoms with van der Waals surface area (Å²) < 4.78 is 0. The second-order valence-electron chi connectivity index (χ2n) is 21.3. The average molecular weight is 1150 g/mol. The molecule has 0 aliphatic rings. The number of unbranched alkanes of at least 4 members (excludes halogenated alkanes) is 1. The van der Waals surface area contributed by atoms with E-state index in [0.717, 1.165) is 0 Å². The zero-order valence-corrected chi connectivity index (χ0v) is 48.4. The Hall–Kier alpha value is -7.42. The summed E-state index contributed by atoms with van der Waals surface area (Å²) >= 11 is 0. The van der Waals surface area contributed by atoms with E-state index in [4.69, 9.17) is 28.0 Å². The number of rotatable bonds is 39. The molecule has 1 aromatic carbocycles. The molecule has 0 bridgehead atoms. The number of nitrogens with zero attached hydrogens (tertiary/aromatic N) is 1. The van der Waals surface area contributed by atoms with Crippen molar-refractivity contribution >= 4 is 71.1 Å². The van der Waals surface area contributed by atoms with E-state index in [-0.39, 0.29) is 75.3 Å². The Morgan fingerprint density at radius 3 is 1.52 bits per heavy atom. The molecule has 1 rings (SSSR count). The summed E-state index contributed by atoms with van der Waals surface area (Å²) in [4.78, 5) is 151. The third kappa shape index (κ3) is 28.0. The predicted molar refractivity (Wildman–Crippen MR) is 303 cm³/mol. The van der Waals surface area contributed by atoms with Gasteiger partial charge in [-0.3, -0.25) is 57.7 Å². The molecule has 9 amide bonds. The first-order valence-electron chi connectivity index (χ1n) is 27.7. The number of aliphatic imine (C=N–C) groups is 1. The molecule has 1 aromatic rings. The largest absolute Gasteiger partial charge is 0.481 e. The highest BCUT2D eigenvalue weighted by Gasteiger charge is 2.37. The van der Waals surface area contributed by atoms with Crippen molar-refractivity contribution in [3.05, 3.63) is 35.9 Å². The molecule has 27 nitrogen and oxygen atoms in total. The number of aliphatic carboxylic acids is 2. The number of nitrogens with two attached hydrogens (primary N) is 4. The summed E-state index contributed by atoms with van der Waals surface area (Å²) in [5.74, 6) is -11.6. The Bertz CT molecular complexity index is 2270. The molecule has 456 valence electrons. The predicted octanol–water partition coefficient (Wildman–Crippen LogP) is -1.50. The van der Waals surface area contributed by atoms with Crippen LogP contribution in [-0.4, -0.2) is 155 Å². The van der Waals surface area contributed by atoms with E-state index in [1.165, 1.54) is 6.92 Å². The second kappa shape index (κ2) is 37.5. The Morgan fingerprint density at radius 1 is 0.543 bits per heavy atom. The highest BCUT2D eigenvalue weighted by atomic mass is 16.4. The summed E-state index contributed by atoms with van der Waals surface area (Å²) in [6.07, 6.45) is 1.29. The number of carbonyl (C=O) groups excluding carboxylic acids is 9. The van der Waals surface area contributed by atoms with E-state index in [0.29, 0.717) is 31.2 Å². The standard InChI is InChI=1S/C54H92N14O13/c1-10-31(7)43(56)51(78)63-36(21-17-23-59-54(57)58)46(73)62-35(20-15-16-22-55)47(74)68-44(32(8)11-2)52(79)67-38(25-30(5)6)49(76)65-39(26-34-18-13-12-14-19-34)50(77)64-37(24-29(3)4)48(75)66-40(27-42(70)71)45(72)60-28-41(69)61-33(9)53(80)81/h12-14,18-19,29-33,35-40,43-44H,10-11,15-17,20-28,55-56H2,1-9H3,(H,60,72)(H,61,69)(H,62,73)(H,63,78)(H,64,77)(H,65,76)(H,66,75)(H,67,79)(H,68,74)(H,70,71)(H,80,81)(H4,57,58,59)/t31-,32-,33-,35-,36-,37-,38-,39-,40-,43-,44-/m0/s1. The fourth-order valence-corrected chi connectivity index (χ4v) is 8.11. The number of carboxylic acids is 2. The average Bonchev–Trinajstić information content (AvgIpc) is 3.42. The molecule has 0 spiro atoms. The Labute approximate surface area is 475 Å². The van der Waals surface area contributed by atoms with Gasteiger partial charge >= 0.3 is 11.9 Å². The molecule has 0 fully saturated rings. The zero-order valence-electron chi connectivity index (χ0n) is 48.4. The molecule has 0 aliphatic heterocycles. The van der Waals surface area contributed by atoms with Crippen LogP contribution in [0, 0.1) is 23.7 Å². The van der Waals surface area contributed by atoms with E-state index >= 15 is 0 Å². The highest BCUT2D eigenvalue weighted by molar-refractivity contribution is 5.99. The lowest BCUT2D eigenvalue weighted by Crippen LogP contribution is -2.61. The molecular formula is C54H92N14O13. The van der Waals surface area contributed by atoms with Gasteiger partial charge < -0.3 is 81.0 Å². The summed E-state index contributed by atoms with van der Waals surface area (Å²) in [6, 6.07) is -3.13. The van der Waals surface area contributed by atoms with Crippen LogP contribution in [0.3, 0.4) is 0 Å². The van der Waals surface area contributed by atoms with Gasteiger partial charge in [0.05, 0.1) is 19.0 Å². The number of nitrogens with one attached hydrogen (secondary N) is 9. The van der Waals surface area contributed by atoms with Crippen molar-refractivity contribution in [2.75, 3.05) is 19.6 Å². The topological polar surface area (TPSA) is 453 Å². The molecule has 0 saturated carbocycles. The first-order chi connectivity index (χ1) is 38.0. The van der Waals surface area contributed by atoms with Crippen molar-refractivity contribution in [1.82, 2.24) is 47.9 Å². The third-order valence-electron chi connectivity index (χ3n) is 13.3. The number of carbonyl (C=O) groups is 11. The number of benzene rings is 1. The molecule has 0 unspecified atom stereocenters. The number of carboxylic acid groups (broad SMARTS) is 2. The molecule has 0 aromatic heterocycles.